The Bertz CT molecular complexity index is 297. The molecule has 0 amide bonds. The molecule has 1 atom stereocenters. The molecule has 0 aromatic heterocycles. The minimum absolute atomic E-state index is 0.198. The van der Waals surface area contributed by atoms with E-state index < -0.39 is 12.0 Å². The minimum Gasteiger partial charge on any atom is -0.467 e. The van der Waals surface area contributed by atoms with Crippen LogP contribution in [0.3, 0.4) is 0 Å². The van der Waals surface area contributed by atoms with E-state index in [-0.39, 0.29) is 5.57 Å². The zero-order chi connectivity index (χ0) is 8.97. The quantitative estimate of drug-likeness (QED) is 0.403. The average Bonchev–Trinajstić information content (AvgIpc) is 2.16. The SMILES string of the molecule is COC(=O)C1N=CC=CC1=C=O. The summed E-state index contributed by atoms with van der Waals surface area (Å²) >= 11 is 0. The first kappa shape index (κ1) is 8.43. The summed E-state index contributed by atoms with van der Waals surface area (Å²) in [7, 11) is 1.25. The van der Waals surface area contributed by atoms with Gasteiger partial charge in [0.1, 0.15) is 5.94 Å². The van der Waals surface area contributed by atoms with E-state index in [1.807, 2.05) is 0 Å². The molecule has 0 aromatic rings. The Labute approximate surface area is 69.2 Å². The van der Waals surface area contributed by atoms with Gasteiger partial charge in [-0.05, 0) is 12.2 Å². The first-order valence-corrected chi connectivity index (χ1v) is 3.32. The second-order valence-corrected chi connectivity index (χ2v) is 2.14. The second kappa shape index (κ2) is 3.64. The smallest absolute Gasteiger partial charge is 0.336 e. The van der Waals surface area contributed by atoms with Gasteiger partial charge in [0.2, 0.25) is 0 Å². The molecular weight excluding hydrogens is 158 g/mol. The molecule has 0 aliphatic carbocycles. The van der Waals surface area contributed by atoms with Crippen LogP contribution in [-0.4, -0.2) is 31.3 Å². The van der Waals surface area contributed by atoms with Gasteiger partial charge >= 0.3 is 5.97 Å². The third-order valence-corrected chi connectivity index (χ3v) is 1.43. The maximum absolute atomic E-state index is 11.0. The van der Waals surface area contributed by atoms with E-state index >= 15 is 0 Å². The normalized spacial score (nSPS) is 20.4. The Hall–Kier alpha value is -1.67. The van der Waals surface area contributed by atoms with Crippen molar-refractivity contribution in [1.82, 2.24) is 0 Å². The number of hydrogen-bond donors (Lipinski definition) is 0. The monoisotopic (exact) mass is 165 g/mol. The molecule has 1 rings (SSSR count). The lowest BCUT2D eigenvalue weighted by molar-refractivity contribution is -0.141. The Morgan fingerprint density at radius 3 is 3.08 bits per heavy atom. The summed E-state index contributed by atoms with van der Waals surface area (Å²) in [6.07, 6.45) is 4.50. The second-order valence-electron chi connectivity index (χ2n) is 2.14. The fraction of sp³-hybridized carbons (Fsp3) is 0.250. The van der Waals surface area contributed by atoms with E-state index in [0.717, 1.165) is 0 Å². The van der Waals surface area contributed by atoms with Crippen LogP contribution in [0.2, 0.25) is 0 Å². The van der Waals surface area contributed by atoms with Crippen molar-refractivity contribution in [1.29, 1.82) is 0 Å². The van der Waals surface area contributed by atoms with Crippen molar-refractivity contribution in [3.05, 3.63) is 17.7 Å². The van der Waals surface area contributed by atoms with Gasteiger partial charge in [0, 0.05) is 6.21 Å². The van der Waals surface area contributed by atoms with Gasteiger partial charge in [0.15, 0.2) is 6.04 Å². The summed E-state index contributed by atoms with van der Waals surface area (Å²) in [4.78, 5) is 25.0. The van der Waals surface area contributed by atoms with E-state index in [1.54, 1.807) is 12.0 Å². The molecule has 4 nitrogen and oxygen atoms in total. The molecule has 12 heavy (non-hydrogen) atoms. The molecule has 1 aliphatic heterocycles. The predicted octanol–water partition coefficient (Wildman–Crippen LogP) is -0.0734. The van der Waals surface area contributed by atoms with E-state index in [9.17, 15) is 9.59 Å². The van der Waals surface area contributed by atoms with Crippen LogP contribution in [0.4, 0.5) is 0 Å². The number of allylic oxidation sites excluding steroid dienone is 1. The maximum Gasteiger partial charge on any atom is 0.336 e. The molecule has 0 spiro atoms. The molecule has 1 aliphatic rings. The lowest BCUT2D eigenvalue weighted by Crippen LogP contribution is -2.23. The number of carbonyl (C=O) groups excluding carboxylic acids is 2. The highest BCUT2D eigenvalue weighted by Crippen LogP contribution is 2.09. The number of rotatable bonds is 1. The Balaban J connectivity index is 2.90. The molecule has 0 saturated carbocycles. The number of dihydropyridines is 1. The van der Waals surface area contributed by atoms with Gasteiger partial charge in [0.25, 0.3) is 0 Å². The summed E-state index contributed by atoms with van der Waals surface area (Å²) in [5.74, 6) is 1.09. The largest absolute Gasteiger partial charge is 0.467 e. The lowest BCUT2D eigenvalue weighted by Gasteiger charge is -2.09. The Kier molecular flexibility index (Phi) is 2.56. The van der Waals surface area contributed by atoms with Crippen LogP contribution >= 0.6 is 0 Å². The number of aliphatic imine (C=N–C) groups is 1. The van der Waals surface area contributed by atoms with Gasteiger partial charge in [0.05, 0.1) is 12.7 Å². The van der Waals surface area contributed by atoms with Gasteiger partial charge in [-0.25, -0.2) is 9.59 Å². The summed E-state index contributed by atoms with van der Waals surface area (Å²) in [6, 6.07) is -0.836. The zero-order valence-corrected chi connectivity index (χ0v) is 6.48. The van der Waals surface area contributed by atoms with E-state index in [0.29, 0.717) is 0 Å². The van der Waals surface area contributed by atoms with Crippen molar-refractivity contribution in [2.24, 2.45) is 4.99 Å². The van der Waals surface area contributed by atoms with Crippen molar-refractivity contribution in [3.63, 3.8) is 0 Å². The third kappa shape index (κ3) is 1.49. The van der Waals surface area contributed by atoms with E-state index in [1.165, 1.54) is 19.4 Å². The first-order valence-electron chi connectivity index (χ1n) is 3.32. The molecule has 0 aromatic carbocycles. The summed E-state index contributed by atoms with van der Waals surface area (Å²) in [5.41, 5.74) is 0.198. The van der Waals surface area contributed by atoms with Crippen LogP contribution in [-0.2, 0) is 14.3 Å². The van der Waals surface area contributed by atoms with Crippen LogP contribution in [0, 0.1) is 0 Å². The first-order chi connectivity index (χ1) is 5.79. The van der Waals surface area contributed by atoms with Crippen molar-refractivity contribution >= 4 is 18.1 Å². The molecule has 0 fully saturated rings. The van der Waals surface area contributed by atoms with Gasteiger partial charge in [-0.2, -0.15) is 0 Å². The molecule has 0 N–H and O–H groups in total. The number of esters is 1. The van der Waals surface area contributed by atoms with Crippen LogP contribution in [0.5, 0.6) is 0 Å². The fourth-order valence-corrected chi connectivity index (χ4v) is 0.843. The van der Waals surface area contributed by atoms with Gasteiger partial charge in [-0.3, -0.25) is 4.99 Å². The van der Waals surface area contributed by atoms with Crippen LogP contribution in [0.25, 0.3) is 0 Å². The third-order valence-electron chi connectivity index (χ3n) is 1.43. The molecule has 0 radical (unpaired) electrons. The Morgan fingerprint density at radius 2 is 2.50 bits per heavy atom. The Morgan fingerprint density at radius 1 is 1.75 bits per heavy atom. The lowest BCUT2D eigenvalue weighted by atomic mass is 10.1. The van der Waals surface area contributed by atoms with Gasteiger partial charge in [-0.15, -0.1) is 0 Å². The average molecular weight is 165 g/mol. The molecule has 1 heterocycles. The molecule has 0 bridgehead atoms. The highest BCUT2D eigenvalue weighted by atomic mass is 16.5. The van der Waals surface area contributed by atoms with Crippen molar-refractivity contribution < 1.29 is 14.3 Å². The summed E-state index contributed by atoms with van der Waals surface area (Å²) in [6.45, 7) is 0. The summed E-state index contributed by atoms with van der Waals surface area (Å²) < 4.78 is 4.44. The fourth-order valence-electron chi connectivity index (χ4n) is 0.843. The standard InChI is InChI=1S/C8H7NO3/c1-12-8(11)7-6(5-10)3-2-4-9-7/h2-4,7H,1H3. The minimum atomic E-state index is -0.836. The molecular formula is C8H7NO3. The van der Waals surface area contributed by atoms with Crippen molar-refractivity contribution in [3.8, 4) is 0 Å². The number of methoxy groups -OCH3 is 1. The van der Waals surface area contributed by atoms with E-state index in [2.05, 4.69) is 9.73 Å². The highest BCUT2D eigenvalue weighted by Gasteiger charge is 2.22. The van der Waals surface area contributed by atoms with Crippen LogP contribution < -0.4 is 0 Å². The van der Waals surface area contributed by atoms with Gasteiger partial charge in [-0.1, -0.05) is 0 Å². The van der Waals surface area contributed by atoms with Crippen molar-refractivity contribution in [2.75, 3.05) is 7.11 Å². The molecule has 4 heteroatoms. The zero-order valence-electron chi connectivity index (χ0n) is 6.48. The highest BCUT2D eigenvalue weighted by molar-refractivity contribution is 5.90. The number of nitrogens with zero attached hydrogens (tertiary/aromatic N) is 1. The number of hydrogen-bond acceptors (Lipinski definition) is 4. The topological polar surface area (TPSA) is 55.7 Å². The molecule has 1 unspecified atom stereocenters. The maximum atomic E-state index is 11.0. The van der Waals surface area contributed by atoms with E-state index in [4.69, 9.17) is 0 Å². The predicted molar refractivity (Wildman–Crippen MR) is 42.6 cm³/mol. The number of carbonyl (C=O) groups is 1. The van der Waals surface area contributed by atoms with Gasteiger partial charge < -0.3 is 4.74 Å². The van der Waals surface area contributed by atoms with Crippen LogP contribution in [0.15, 0.2) is 22.7 Å². The van der Waals surface area contributed by atoms with Crippen LogP contribution in [0.1, 0.15) is 0 Å². The summed E-state index contributed by atoms with van der Waals surface area (Å²) in [5, 5.41) is 0. The molecule has 62 valence electrons. The van der Waals surface area contributed by atoms with Crippen molar-refractivity contribution in [2.45, 2.75) is 6.04 Å². The number of ether oxygens (including phenoxy) is 1. The molecule has 0 saturated heterocycles.